The number of aliphatic hydroxyl groups is 1. The Morgan fingerprint density at radius 1 is 1.50 bits per heavy atom. The van der Waals surface area contributed by atoms with Crippen molar-refractivity contribution in [3.8, 4) is 0 Å². The highest BCUT2D eigenvalue weighted by Crippen LogP contribution is 2.30. The lowest BCUT2D eigenvalue weighted by atomic mass is 10.1. The van der Waals surface area contributed by atoms with Crippen LogP contribution in [-0.2, 0) is 0 Å². The lowest BCUT2D eigenvalue weighted by Gasteiger charge is -2.09. The van der Waals surface area contributed by atoms with Gasteiger partial charge in [-0.3, -0.25) is 0 Å². The van der Waals surface area contributed by atoms with Gasteiger partial charge < -0.3 is 5.11 Å². The lowest BCUT2D eigenvalue weighted by molar-refractivity contribution is 0.202. The van der Waals surface area contributed by atoms with Crippen molar-refractivity contribution in [2.75, 3.05) is 5.88 Å². The summed E-state index contributed by atoms with van der Waals surface area (Å²) in [5, 5.41) is 9.92. The van der Waals surface area contributed by atoms with Gasteiger partial charge in [-0.05, 0) is 22.0 Å². The summed E-state index contributed by atoms with van der Waals surface area (Å²) in [5.74, 6) is 0.149. The maximum atomic E-state index is 9.40. The molecule has 1 N–H and O–H groups in total. The van der Waals surface area contributed by atoms with E-state index < -0.39 is 6.10 Å². The molecule has 4 heteroatoms. The molecule has 0 bridgehead atoms. The van der Waals surface area contributed by atoms with E-state index in [1.54, 1.807) is 12.1 Å². The molecule has 1 rings (SSSR count). The molecule has 1 aromatic carbocycles. The summed E-state index contributed by atoms with van der Waals surface area (Å²) >= 11 is 14.6. The van der Waals surface area contributed by atoms with E-state index >= 15 is 0 Å². The second-order valence-corrected chi connectivity index (χ2v) is 3.85. The van der Waals surface area contributed by atoms with Crippen molar-refractivity contribution in [1.29, 1.82) is 0 Å². The standard InChI is InChI=1S/C8H7BrCl2O/c9-6-3-1-2-5(8(6)11)7(12)4-10/h1-3,7,12H,4H2/t7-/m1/s1. The molecule has 0 saturated carbocycles. The van der Waals surface area contributed by atoms with Crippen LogP contribution in [0, 0.1) is 0 Å². The highest BCUT2D eigenvalue weighted by atomic mass is 79.9. The summed E-state index contributed by atoms with van der Waals surface area (Å²) in [6, 6.07) is 5.37. The first-order valence-corrected chi connectivity index (χ1v) is 5.05. The van der Waals surface area contributed by atoms with Crippen LogP contribution in [-0.4, -0.2) is 11.0 Å². The minimum atomic E-state index is -0.698. The zero-order valence-electron chi connectivity index (χ0n) is 6.10. The molecule has 0 amide bonds. The average Bonchev–Trinajstić information content (AvgIpc) is 2.08. The maximum absolute atomic E-state index is 9.40. The van der Waals surface area contributed by atoms with E-state index in [2.05, 4.69) is 15.9 Å². The van der Waals surface area contributed by atoms with Gasteiger partial charge in [-0.25, -0.2) is 0 Å². The van der Waals surface area contributed by atoms with Crippen LogP contribution in [0.3, 0.4) is 0 Å². The second-order valence-electron chi connectivity index (χ2n) is 2.31. The van der Waals surface area contributed by atoms with Gasteiger partial charge in [-0.1, -0.05) is 23.7 Å². The Morgan fingerprint density at radius 2 is 2.17 bits per heavy atom. The summed E-state index contributed by atoms with van der Waals surface area (Å²) in [6.45, 7) is 0. The Morgan fingerprint density at radius 3 is 2.75 bits per heavy atom. The van der Waals surface area contributed by atoms with Crippen molar-refractivity contribution in [1.82, 2.24) is 0 Å². The van der Waals surface area contributed by atoms with Gasteiger partial charge in [0.2, 0.25) is 0 Å². The van der Waals surface area contributed by atoms with Gasteiger partial charge in [0.05, 0.1) is 17.0 Å². The van der Waals surface area contributed by atoms with E-state index in [1.165, 1.54) is 0 Å². The molecule has 0 radical (unpaired) electrons. The number of alkyl halides is 1. The molecule has 66 valence electrons. The smallest absolute Gasteiger partial charge is 0.0940 e. The SMILES string of the molecule is O[C@H](CCl)c1cccc(Br)c1Cl. The molecule has 0 spiro atoms. The monoisotopic (exact) mass is 268 g/mol. The second kappa shape index (κ2) is 4.47. The van der Waals surface area contributed by atoms with Crippen LogP contribution in [0.2, 0.25) is 5.02 Å². The molecular weight excluding hydrogens is 263 g/mol. The van der Waals surface area contributed by atoms with Gasteiger partial charge in [-0.15, -0.1) is 11.6 Å². The summed E-state index contributed by atoms with van der Waals surface area (Å²) in [4.78, 5) is 0. The number of hydrogen-bond acceptors (Lipinski definition) is 1. The molecule has 0 aliphatic rings. The van der Waals surface area contributed by atoms with E-state index in [1.807, 2.05) is 6.07 Å². The van der Waals surface area contributed by atoms with Crippen molar-refractivity contribution >= 4 is 39.1 Å². The first-order valence-electron chi connectivity index (χ1n) is 3.34. The average molecular weight is 270 g/mol. The largest absolute Gasteiger partial charge is 0.387 e. The van der Waals surface area contributed by atoms with Crippen molar-refractivity contribution in [3.63, 3.8) is 0 Å². The Kier molecular flexibility index (Phi) is 3.84. The van der Waals surface area contributed by atoms with E-state index in [0.29, 0.717) is 10.6 Å². The molecule has 1 aromatic rings. The molecule has 0 aliphatic carbocycles. The van der Waals surface area contributed by atoms with Crippen molar-refractivity contribution in [2.45, 2.75) is 6.10 Å². The molecule has 0 heterocycles. The Balaban J connectivity index is 3.07. The van der Waals surface area contributed by atoms with Gasteiger partial charge in [0.15, 0.2) is 0 Å². The zero-order chi connectivity index (χ0) is 9.14. The number of benzene rings is 1. The van der Waals surface area contributed by atoms with Crippen LogP contribution < -0.4 is 0 Å². The van der Waals surface area contributed by atoms with E-state index in [9.17, 15) is 5.11 Å². The predicted molar refractivity (Wildman–Crippen MR) is 54.8 cm³/mol. The minimum Gasteiger partial charge on any atom is -0.387 e. The molecule has 0 fully saturated rings. The van der Waals surface area contributed by atoms with Gasteiger partial charge in [0, 0.05) is 10.0 Å². The predicted octanol–water partition coefficient (Wildman–Crippen LogP) is 3.37. The summed E-state index contributed by atoms with van der Waals surface area (Å²) < 4.78 is 0.769. The molecular formula is C8H7BrCl2O. The van der Waals surface area contributed by atoms with E-state index in [4.69, 9.17) is 23.2 Å². The van der Waals surface area contributed by atoms with Crippen LogP contribution in [0.4, 0.5) is 0 Å². The third-order valence-corrected chi connectivity index (χ3v) is 3.09. The first kappa shape index (κ1) is 10.3. The topological polar surface area (TPSA) is 20.2 Å². The Hall–Kier alpha value is 0.240. The number of aliphatic hydroxyl groups excluding tert-OH is 1. The van der Waals surface area contributed by atoms with Gasteiger partial charge in [0.1, 0.15) is 0 Å². The third-order valence-electron chi connectivity index (χ3n) is 1.49. The molecule has 0 unspecified atom stereocenters. The molecule has 0 aromatic heterocycles. The Labute approximate surface area is 89.4 Å². The fraction of sp³-hybridized carbons (Fsp3) is 0.250. The lowest BCUT2D eigenvalue weighted by Crippen LogP contribution is -1.99. The molecule has 12 heavy (non-hydrogen) atoms. The fourth-order valence-electron chi connectivity index (χ4n) is 0.861. The fourth-order valence-corrected chi connectivity index (χ4v) is 1.66. The molecule has 0 saturated heterocycles. The van der Waals surface area contributed by atoms with Crippen LogP contribution in [0.1, 0.15) is 11.7 Å². The minimum absolute atomic E-state index is 0.149. The molecule has 1 atom stereocenters. The normalized spacial score (nSPS) is 13.0. The summed E-state index contributed by atoms with van der Waals surface area (Å²) in [5.41, 5.74) is 0.654. The highest BCUT2D eigenvalue weighted by Gasteiger charge is 2.11. The third kappa shape index (κ3) is 2.13. The molecule has 1 nitrogen and oxygen atoms in total. The van der Waals surface area contributed by atoms with Crippen LogP contribution in [0.15, 0.2) is 22.7 Å². The Bertz CT molecular complexity index is 278. The summed E-state index contributed by atoms with van der Waals surface area (Å²) in [6.07, 6.45) is -0.698. The summed E-state index contributed by atoms with van der Waals surface area (Å²) in [7, 11) is 0. The number of halogens is 3. The van der Waals surface area contributed by atoms with Crippen LogP contribution in [0.25, 0.3) is 0 Å². The van der Waals surface area contributed by atoms with Gasteiger partial charge >= 0.3 is 0 Å². The first-order chi connectivity index (χ1) is 5.66. The van der Waals surface area contributed by atoms with Crippen LogP contribution in [0.5, 0.6) is 0 Å². The van der Waals surface area contributed by atoms with E-state index in [0.717, 1.165) is 4.47 Å². The maximum Gasteiger partial charge on any atom is 0.0940 e. The van der Waals surface area contributed by atoms with E-state index in [-0.39, 0.29) is 5.88 Å². The van der Waals surface area contributed by atoms with Crippen molar-refractivity contribution in [3.05, 3.63) is 33.3 Å². The van der Waals surface area contributed by atoms with Crippen LogP contribution >= 0.6 is 39.1 Å². The molecule has 0 aliphatic heterocycles. The van der Waals surface area contributed by atoms with Crippen molar-refractivity contribution < 1.29 is 5.11 Å². The zero-order valence-corrected chi connectivity index (χ0v) is 9.20. The quantitative estimate of drug-likeness (QED) is 0.817. The number of hydrogen-bond donors (Lipinski definition) is 1. The number of rotatable bonds is 2. The van der Waals surface area contributed by atoms with Gasteiger partial charge in [-0.2, -0.15) is 0 Å². The van der Waals surface area contributed by atoms with Gasteiger partial charge in [0.25, 0.3) is 0 Å². The highest BCUT2D eigenvalue weighted by molar-refractivity contribution is 9.10. The van der Waals surface area contributed by atoms with Crippen molar-refractivity contribution in [2.24, 2.45) is 0 Å².